The number of carbonyl (C=O) groups excluding carboxylic acids is 4. The van der Waals surface area contributed by atoms with Crippen molar-refractivity contribution in [3.05, 3.63) is 355 Å². The summed E-state index contributed by atoms with van der Waals surface area (Å²) in [5.74, 6) is 8.64. The predicted octanol–water partition coefficient (Wildman–Crippen LogP) is 20.3. The van der Waals surface area contributed by atoms with Gasteiger partial charge in [-0.3, -0.25) is 0 Å². The second-order valence-electron chi connectivity index (χ2n) is 39.6. The van der Waals surface area contributed by atoms with E-state index in [1.165, 1.54) is 87.0 Å². The van der Waals surface area contributed by atoms with Gasteiger partial charge in [-0.15, -0.1) is 0 Å². The first-order valence-electron chi connectivity index (χ1n) is 46.2. The van der Waals surface area contributed by atoms with Crippen molar-refractivity contribution in [2.24, 2.45) is 79.3 Å². The standard InChI is InChI=1S/C20H20OP.C15H20O.C14H20O.2C14H18O.C13H18O.2C13H16O.B.ClH.Na.H/c1-21-17-22(18-11-5-2-6-12-18,19-13-7-3-8-14-19)20-15-9-4-10-16-20;1-12(13-7-5-4-6-8-13)14-11-15(14,2)9-10-16-3;3*1-11(12-6-4-3-5-7-12)13-10-14(13,2)8-9-15;3*1-10(11-6-4-3-5-7-11)12-8-13(12,2)9-14;;;;/h2-16H,17H2,1H3;4-10,12,14H,11H2,1-3H3;3-7,11,13,15H,8-10H2,1-2H3;2*3-7,9,11,13H,8,10H2,1-2H3;3-7,10,12,14H,8-9H2,1-2H3;2*3-7,9-10,12H,8H2,1-2H3;;1H;;/q+1;;;;;;;;;;+1;-1/t;12-,14-,15+;3*11-,13-,14+;3*10-,12-,13-;;;;/m.0000000..../s1. The summed E-state index contributed by atoms with van der Waals surface area (Å²) in [5, 5.41) is 22.3. The van der Waals surface area contributed by atoms with Crippen molar-refractivity contribution in [2.75, 3.05) is 33.8 Å². The van der Waals surface area contributed by atoms with E-state index in [0.717, 1.165) is 69.1 Å². The van der Waals surface area contributed by atoms with Crippen LogP contribution in [0.25, 0.3) is 0 Å². The number of methoxy groups -OCH3 is 2. The van der Waals surface area contributed by atoms with Gasteiger partial charge in [-0.2, -0.15) is 0 Å². The Morgan fingerprint density at radius 3 is 0.781 bits per heavy atom. The molecule has 0 aromatic heterocycles. The number of aliphatic hydroxyl groups is 2. The maximum atomic E-state index is 10.8. The number of rotatable bonds is 30. The van der Waals surface area contributed by atoms with E-state index in [0.29, 0.717) is 101 Å². The molecule has 7 saturated carbocycles. The minimum Gasteiger partial charge on any atom is -1.00 e. The quantitative estimate of drug-likeness (QED) is 0.0197. The smallest absolute Gasteiger partial charge is 1.00 e. The molecule has 0 unspecified atom stereocenters. The van der Waals surface area contributed by atoms with Crippen LogP contribution in [-0.2, 0) is 28.7 Å². The Balaban J connectivity index is 0.000000263. The summed E-state index contributed by atoms with van der Waals surface area (Å²) >= 11 is 0. The van der Waals surface area contributed by atoms with E-state index in [9.17, 15) is 24.3 Å². The van der Waals surface area contributed by atoms with Crippen LogP contribution in [0.15, 0.2) is 316 Å². The number of aliphatic hydroxyl groups excluding tert-OH is 2. The number of hydrogen-bond acceptors (Lipinski definition) is 8. The molecule has 7 fully saturated rings. The Labute approximate surface area is 804 Å². The van der Waals surface area contributed by atoms with E-state index in [-0.39, 0.29) is 80.3 Å². The van der Waals surface area contributed by atoms with Crippen LogP contribution in [0.3, 0.4) is 0 Å². The minimum absolute atomic E-state index is 0. The molecule has 7 aliphatic carbocycles. The van der Waals surface area contributed by atoms with E-state index in [2.05, 4.69) is 376 Å². The zero-order valence-electron chi connectivity index (χ0n) is 81.9. The van der Waals surface area contributed by atoms with Gasteiger partial charge >= 0.3 is 31.0 Å². The van der Waals surface area contributed by atoms with Crippen molar-refractivity contribution in [1.29, 1.82) is 0 Å². The Hall–Kier alpha value is -7.92. The molecular formula is C116H148BClNaO8P+. The molecule has 12 heteroatoms. The Morgan fingerprint density at radius 2 is 0.562 bits per heavy atom. The zero-order chi connectivity index (χ0) is 90.1. The fraction of sp³-hybridized carbons (Fsp3) is 0.431. The molecule has 17 rings (SSSR count). The molecule has 8 nitrogen and oxygen atoms in total. The molecule has 2 N–H and O–H groups in total. The van der Waals surface area contributed by atoms with Gasteiger partial charge in [0.2, 0.25) is 0 Å². The normalized spacial score (nSPS) is 27.3. The molecule has 10 aromatic carbocycles. The van der Waals surface area contributed by atoms with Gasteiger partial charge in [0.05, 0.1) is 13.4 Å². The Bertz CT molecular complexity index is 4680. The maximum Gasteiger partial charge on any atom is 1.00 e. The van der Waals surface area contributed by atoms with Crippen molar-refractivity contribution in [3.63, 3.8) is 0 Å². The number of carbonyl (C=O) groups is 4. The topological polar surface area (TPSA) is 127 Å². The molecule has 0 bridgehead atoms. The van der Waals surface area contributed by atoms with Crippen molar-refractivity contribution < 1.29 is 83.7 Å². The summed E-state index contributed by atoms with van der Waals surface area (Å²) in [6, 6.07) is 106. The molecule has 0 spiro atoms. The molecular weight excluding hydrogens is 1620 g/mol. The van der Waals surface area contributed by atoms with Gasteiger partial charge in [0, 0.05) is 52.4 Å². The summed E-state index contributed by atoms with van der Waals surface area (Å²) in [6.45, 7) is 31.9. The first-order chi connectivity index (χ1) is 60.1. The summed E-state index contributed by atoms with van der Waals surface area (Å²) < 4.78 is 10.7. The van der Waals surface area contributed by atoms with Crippen molar-refractivity contribution >= 4 is 56.7 Å². The third-order valence-electron chi connectivity index (χ3n) is 30.4. The predicted molar refractivity (Wildman–Crippen MR) is 531 cm³/mol. The molecule has 21 atom stereocenters. The fourth-order valence-corrected chi connectivity index (χ4v) is 24.3. The monoisotopic (exact) mass is 1770 g/mol. The number of halogens is 1. The van der Waals surface area contributed by atoms with Crippen LogP contribution in [0.1, 0.15) is 244 Å². The summed E-state index contributed by atoms with van der Waals surface area (Å²) in [6.07, 6.45) is 19.7. The number of allylic oxidation sites excluding steroid dienone is 1. The van der Waals surface area contributed by atoms with E-state index in [1.54, 1.807) is 14.2 Å². The van der Waals surface area contributed by atoms with Gasteiger partial charge in [-0.25, -0.2) is 0 Å². The molecule has 0 amide bonds. The third-order valence-corrected chi connectivity index (χ3v) is 34.6. The van der Waals surface area contributed by atoms with Gasteiger partial charge in [0.25, 0.3) is 0 Å². The first kappa shape index (κ1) is 107. The maximum absolute atomic E-state index is 10.8. The van der Waals surface area contributed by atoms with Crippen LogP contribution in [0, 0.1) is 79.3 Å². The van der Waals surface area contributed by atoms with Crippen molar-refractivity contribution in [2.45, 2.75) is 203 Å². The van der Waals surface area contributed by atoms with E-state index in [1.807, 2.05) is 36.6 Å². The molecule has 3 radical (unpaired) electrons. The molecule has 10 aromatic rings. The van der Waals surface area contributed by atoms with Crippen LogP contribution < -0.4 is 57.9 Å². The van der Waals surface area contributed by atoms with Crippen molar-refractivity contribution in [1.82, 2.24) is 0 Å². The molecule has 0 heterocycles. The van der Waals surface area contributed by atoms with Crippen LogP contribution in [-0.4, -0.2) is 77.6 Å². The van der Waals surface area contributed by atoms with E-state index in [4.69, 9.17) is 14.6 Å². The minimum atomic E-state index is -1.78. The molecule has 675 valence electrons. The molecule has 7 aliphatic rings. The summed E-state index contributed by atoms with van der Waals surface area (Å²) in [7, 11) is 1.73. The number of aldehydes is 4. The van der Waals surface area contributed by atoms with Gasteiger partial charge < -0.3 is 52.7 Å². The van der Waals surface area contributed by atoms with E-state index >= 15 is 0 Å². The number of hydrogen-bond donors (Lipinski definition) is 2. The number of ether oxygens (including phenoxy) is 2. The van der Waals surface area contributed by atoms with Gasteiger partial charge in [-0.05, 0) is 243 Å². The van der Waals surface area contributed by atoms with Crippen molar-refractivity contribution in [3.8, 4) is 0 Å². The summed E-state index contributed by atoms with van der Waals surface area (Å²) in [5.41, 5.74) is 11.2. The van der Waals surface area contributed by atoms with Gasteiger partial charge in [0.15, 0.2) is 6.35 Å². The molecule has 128 heavy (non-hydrogen) atoms. The average molecular weight is 1770 g/mol. The Morgan fingerprint density at radius 1 is 0.344 bits per heavy atom. The summed E-state index contributed by atoms with van der Waals surface area (Å²) in [4.78, 5) is 42.8. The SMILES string of the molecule is COC=C[C@]1(C)C[C@H]1[C@@H](C)c1ccccc1.COC[P+](c1ccccc1)(c1ccccc1)c1ccccc1.C[C@@H](c1ccccc1)[C@@H]1C[C@@]1(C)C=O.C[C@@H](c1ccccc1)[C@@H]1C[C@@]1(C)C=O.C[C@@H](c1ccccc1)[C@@H]1C[C@@]1(C)CC=O.C[C@@H](c1ccccc1)[C@@H]1C[C@@]1(C)CC=O.C[C@@H](c1ccccc1)[C@@H]1C[C@@]1(C)CCO.C[C@@H](c1ccccc1)[C@@H]1C[C@@]1(C)CO.[B].[Cl-].[H+].[H-].[Na+]. The van der Waals surface area contributed by atoms with Gasteiger partial charge in [0.1, 0.15) is 48.3 Å². The zero-order valence-corrected chi connectivity index (χ0v) is 83.5. The van der Waals surface area contributed by atoms with Crippen LogP contribution >= 0.6 is 7.26 Å². The van der Waals surface area contributed by atoms with E-state index < -0.39 is 7.26 Å². The fourth-order valence-electron chi connectivity index (χ4n) is 20.5. The number of benzene rings is 10. The second kappa shape index (κ2) is 49.5. The molecule has 0 saturated heterocycles. The largest absolute Gasteiger partial charge is 1.00 e. The van der Waals surface area contributed by atoms with Crippen LogP contribution in [0.2, 0.25) is 0 Å². The van der Waals surface area contributed by atoms with Crippen LogP contribution in [0.4, 0.5) is 0 Å². The third kappa shape index (κ3) is 28.3. The molecule has 0 aliphatic heterocycles. The first-order valence-corrected chi connectivity index (χ1v) is 48.2. The average Bonchev–Trinajstić information content (AvgIpc) is 1.59. The Kier molecular flexibility index (Phi) is 41.5. The van der Waals surface area contributed by atoms with Crippen LogP contribution in [0.5, 0.6) is 0 Å². The van der Waals surface area contributed by atoms with Gasteiger partial charge in [-0.1, -0.05) is 364 Å². The second-order valence-corrected chi connectivity index (χ2v) is 43.0.